The van der Waals surface area contributed by atoms with Crippen molar-refractivity contribution in [3.05, 3.63) is 34.9 Å². The Balaban J connectivity index is 1.84. The molecule has 1 heterocycles. The minimum atomic E-state index is -0.374. The van der Waals surface area contributed by atoms with Crippen LogP contribution in [0.4, 0.5) is 0 Å². The van der Waals surface area contributed by atoms with E-state index >= 15 is 0 Å². The van der Waals surface area contributed by atoms with Crippen molar-refractivity contribution < 1.29 is 9.53 Å². The van der Waals surface area contributed by atoms with Crippen LogP contribution in [0.3, 0.4) is 0 Å². The second kappa shape index (κ2) is 6.18. The summed E-state index contributed by atoms with van der Waals surface area (Å²) in [6, 6.07) is 7.45. The van der Waals surface area contributed by atoms with Gasteiger partial charge in [0.15, 0.2) is 0 Å². The van der Waals surface area contributed by atoms with Gasteiger partial charge in [-0.3, -0.25) is 4.79 Å². The smallest absolute Gasteiger partial charge is 0.249 e. The highest BCUT2D eigenvalue weighted by molar-refractivity contribution is 6.31. The van der Waals surface area contributed by atoms with Gasteiger partial charge >= 0.3 is 0 Å². The molecule has 0 radical (unpaired) electrons. The Morgan fingerprint density at radius 1 is 1.44 bits per heavy atom. The summed E-state index contributed by atoms with van der Waals surface area (Å²) in [6.45, 7) is 0.889. The summed E-state index contributed by atoms with van der Waals surface area (Å²) in [6.07, 6.45) is 1.22. The Morgan fingerprint density at radius 2 is 2.22 bits per heavy atom. The molecule has 0 spiro atoms. The first-order chi connectivity index (χ1) is 8.70. The van der Waals surface area contributed by atoms with Gasteiger partial charge in [-0.05, 0) is 24.5 Å². The molecule has 0 unspecified atom stereocenters. The van der Waals surface area contributed by atoms with E-state index in [0.29, 0.717) is 18.1 Å². The molecule has 1 amide bonds. The molecule has 0 aliphatic carbocycles. The van der Waals surface area contributed by atoms with Crippen LogP contribution in [0.1, 0.15) is 18.4 Å². The third-order valence-electron chi connectivity index (χ3n) is 3.07. The number of amides is 1. The van der Waals surface area contributed by atoms with Gasteiger partial charge in [0.25, 0.3) is 0 Å². The number of carbonyl (C=O) groups is 1. The Morgan fingerprint density at radius 3 is 2.89 bits per heavy atom. The van der Waals surface area contributed by atoms with E-state index in [-0.39, 0.29) is 18.1 Å². The first-order valence-electron chi connectivity index (χ1n) is 6.07. The molecule has 0 saturated carbocycles. The average Bonchev–Trinajstić information content (AvgIpc) is 2.86. The highest BCUT2D eigenvalue weighted by Crippen LogP contribution is 2.19. The molecule has 2 atom stereocenters. The molecule has 1 fully saturated rings. The summed E-state index contributed by atoms with van der Waals surface area (Å²) in [5.41, 5.74) is 6.41. The molecule has 1 aliphatic rings. The van der Waals surface area contributed by atoms with E-state index in [9.17, 15) is 4.79 Å². The summed E-state index contributed by atoms with van der Waals surface area (Å²) in [5, 5.41) is 3.49. The second-order valence-corrected chi connectivity index (χ2v) is 4.78. The molecule has 1 aliphatic heterocycles. The van der Waals surface area contributed by atoms with E-state index in [1.165, 1.54) is 0 Å². The maximum absolute atomic E-state index is 11.9. The molecule has 1 aromatic rings. The van der Waals surface area contributed by atoms with Gasteiger partial charge in [-0.25, -0.2) is 0 Å². The lowest BCUT2D eigenvalue weighted by atomic mass is 10.2. The summed E-state index contributed by atoms with van der Waals surface area (Å²) in [5.74, 6) is -0.0918. The summed E-state index contributed by atoms with van der Waals surface area (Å²) >= 11 is 6.01. The number of halogens is 1. The lowest BCUT2D eigenvalue weighted by Crippen LogP contribution is -2.35. The van der Waals surface area contributed by atoms with Crippen molar-refractivity contribution in [1.82, 2.24) is 5.32 Å². The molecule has 18 heavy (non-hydrogen) atoms. The topological polar surface area (TPSA) is 64.4 Å². The largest absolute Gasteiger partial charge is 0.364 e. The fraction of sp³-hybridized carbons (Fsp3) is 0.462. The number of benzene rings is 1. The number of hydrogen-bond donors (Lipinski definition) is 2. The number of nitrogens with two attached hydrogens (primary N) is 1. The highest BCUT2D eigenvalue weighted by atomic mass is 35.5. The molecule has 1 saturated heterocycles. The fourth-order valence-electron chi connectivity index (χ4n) is 2.01. The van der Waals surface area contributed by atoms with E-state index in [0.717, 1.165) is 18.4 Å². The molecular weight excluding hydrogens is 252 g/mol. The maximum Gasteiger partial charge on any atom is 0.249 e. The van der Waals surface area contributed by atoms with Gasteiger partial charge in [0.1, 0.15) is 6.10 Å². The lowest BCUT2D eigenvalue weighted by molar-refractivity contribution is -0.132. The van der Waals surface area contributed by atoms with Gasteiger partial charge in [0, 0.05) is 18.1 Å². The number of ether oxygens (including phenoxy) is 1. The Bertz CT molecular complexity index is 425. The van der Waals surface area contributed by atoms with Crippen LogP contribution in [0.2, 0.25) is 5.02 Å². The molecule has 0 aromatic heterocycles. The van der Waals surface area contributed by atoms with Crippen molar-refractivity contribution in [3.8, 4) is 0 Å². The van der Waals surface area contributed by atoms with Crippen molar-refractivity contribution in [1.29, 1.82) is 0 Å². The van der Waals surface area contributed by atoms with E-state index in [4.69, 9.17) is 22.1 Å². The van der Waals surface area contributed by atoms with Crippen molar-refractivity contribution in [2.45, 2.75) is 31.6 Å². The van der Waals surface area contributed by atoms with Gasteiger partial charge in [0.2, 0.25) is 5.91 Å². The van der Waals surface area contributed by atoms with Crippen molar-refractivity contribution >= 4 is 17.5 Å². The molecule has 3 N–H and O–H groups in total. The Kier molecular flexibility index (Phi) is 4.58. The molecule has 98 valence electrons. The van der Waals surface area contributed by atoms with Gasteiger partial charge in [-0.15, -0.1) is 0 Å². The van der Waals surface area contributed by atoms with Gasteiger partial charge in [0.05, 0.1) is 6.10 Å². The molecule has 1 aromatic carbocycles. The van der Waals surface area contributed by atoms with E-state index in [1.54, 1.807) is 6.07 Å². The zero-order chi connectivity index (χ0) is 13.0. The SMILES string of the molecule is NC[C@H]1CC[C@@H](C(=O)NCc2ccccc2Cl)O1. The molecule has 5 heteroatoms. The van der Waals surface area contributed by atoms with Crippen LogP contribution < -0.4 is 11.1 Å². The quantitative estimate of drug-likeness (QED) is 0.869. The predicted molar refractivity (Wildman–Crippen MR) is 70.2 cm³/mol. The average molecular weight is 269 g/mol. The van der Waals surface area contributed by atoms with Crippen LogP contribution >= 0.6 is 11.6 Å². The molecular formula is C13H17ClN2O2. The normalized spacial score (nSPS) is 23.0. The van der Waals surface area contributed by atoms with E-state index in [2.05, 4.69) is 5.32 Å². The van der Waals surface area contributed by atoms with E-state index < -0.39 is 0 Å². The van der Waals surface area contributed by atoms with E-state index in [1.807, 2.05) is 18.2 Å². The van der Waals surface area contributed by atoms with Crippen molar-refractivity contribution in [2.75, 3.05) is 6.54 Å². The van der Waals surface area contributed by atoms with Crippen LogP contribution in [-0.2, 0) is 16.1 Å². The van der Waals surface area contributed by atoms with Gasteiger partial charge < -0.3 is 15.8 Å². The monoisotopic (exact) mass is 268 g/mol. The van der Waals surface area contributed by atoms with Crippen LogP contribution in [0.25, 0.3) is 0 Å². The van der Waals surface area contributed by atoms with Crippen LogP contribution in [0, 0.1) is 0 Å². The maximum atomic E-state index is 11.9. The van der Waals surface area contributed by atoms with Crippen molar-refractivity contribution in [2.24, 2.45) is 5.73 Å². The number of nitrogens with one attached hydrogen (secondary N) is 1. The minimum Gasteiger partial charge on any atom is -0.364 e. The minimum absolute atomic E-state index is 0.0149. The molecule has 4 nitrogen and oxygen atoms in total. The zero-order valence-corrected chi connectivity index (χ0v) is 10.8. The summed E-state index contributed by atoms with van der Waals surface area (Å²) in [7, 11) is 0. The summed E-state index contributed by atoms with van der Waals surface area (Å²) in [4.78, 5) is 11.9. The Labute approximate surface area is 111 Å². The number of rotatable bonds is 4. The van der Waals surface area contributed by atoms with Crippen LogP contribution in [0.15, 0.2) is 24.3 Å². The molecule has 2 rings (SSSR count). The van der Waals surface area contributed by atoms with Crippen LogP contribution in [0.5, 0.6) is 0 Å². The molecule has 0 bridgehead atoms. The standard InChI is InChI=1S/C13H17ClN2O2/c14-11-4-2-1-3-9(11)8-16-13(17)12-6-5-10(7-15)18-12/h1-4,10,12H,5-8,15H2,(H,16,17)/t10-,12+/m1/s1. The van der Waals surface area contributed by atoms with Crippen molar-refractivity contribution in [3.63, 3.8) is 0 Å². The zero-order valence-electron chi connectivity index (χ0n) is 10.1. The number of hydrogen-bond acceptors (Lipinski definition) is 3. The van der Waals surface area contributed by atoms with Gasteiger partial charge in [-0.2, -0.15) is 0 Å². The first-order valence-corrected chi connectivity index (χ1v) is 6.45. The Hall–Kier alpha value is -1.10. The van der Waals surface area contributed by atoms with Gasteiger partial charge in [-0.1, -0.05) is 29.8 Å². The third kappa shape index (κ3) is 3.22. The third-order valence-corrected chi connectivity index (χ3v) is 3.44. The fourth-order valence-corrected chi connectivity index (χ4v) is 2.21. The van der Waals surface area contributed by atoms with Crippen LogP contribution in [-0.4, -0.2) is 24.7 Å². The second-order valence-electron chi connectivity index (χ2n) is 4.37. The number of carbonyl (C=O) groups excluding carboxylic acids is 1. The lowest BCUT2D eigenvalue weighted by Gasteiger charge is -2.13. The highest BCUT2D eigenvalue weighted by Gasteiger charge is 2.29. The predicted octanol–water partition coefficient (Wildman–Crippen LogP) is 1.46. The summed E-state index contributed by atoms with van der Waals surface area (Å²) < 4.78 is 5.52. The first kappa shape index (κ1) is 13.3.